The van der Waals surface area contributed by atoms with E-state index in [4.69, 9.17) is 8.83 Å². The zero-order chi connectivity index (χ0) is 56.1. The molecule has 0 unspecified atom stereocenters. The lowest BCUT2D eigenvalue weighted by Crippen LogP contribution is -2.63. The first-order chi connectivity index (χ1) is 38.8. The van der Waals surface area contributed by atoms with Gasteiger partial charge in [0.25, 0.3) is 0 Å². The lowest BCUT2D eigenvalue weighted by Gasteiger charge is -2.52. The van der Waals surface area contributed by atoms with E-state index in [0.717, 1.165) is 78.0 Å². The fraction of sp³-hybridized carbons (Fsp3) is 0.200. The number of para-hydroxylation sites is 6. The number of furan rings is 2. The molecule has 0 amide bonds. The maximum Gasteiger partial charge on any atom is 0.159 e. The second kappa shape index (κ2) is 17.9. The van der Waals surface area contributed by atoms with Crippen LogP contribution in [-0.4, -0.2) is 16.1 Å². The third-order valence-corrected chi connectivity index (χ3v) is 28.0. The average molecular weight is 1090 g/mol. The van der Waals surface area contributed by atoms with Crippen LogP contribution >= 0.6 is 0 Å². The number of nitrogens with zero attached hydrogens (tertiary/aromatic N) is 2. The van der Waals surface area contributed by atoms with Gasteiger partial charge in [0, 0.05) is 59.8 Å². The highest BCUT2D eigenvalue weighted by atomic mass is 28.4. The van der Waals surface area contributed by atoms with Crippen LogP contribution in [0.3, 0.4) is 0 Å². The fourth-order valence-corrected chi connectivity index (χ4v) is 28.1. The summed E-state index contributed by atoms with van der Waals surface area (Å²) < 4.78 is 14.2. The van der Waals surface area contributed by atoms with Crippen LogP contribution in [0.25, 0.3) is 87.3 Å². The molecule has 11 aromatic carbocycles. The van der Waals surface area contributed by atoms with Crippen LogP contribution in [0.1, 0.15) is 63.8 Å². The smallest absolute Gasteiger partial charge is 0.159 e. The van der Waals surface area contributed by atoms with Crippen LogP contribution in [-0.2, 0) is 15.5 Å². The van der Waals surface area contributed by atoms with Crippen molar-refractivity contribution in [2.45, 2.75) is 96.3 Å². The monoisotopic (exact) mass is 1090 g/mol. The SMILES string of the molecule is CC(C)(C)c1cccc2c1oc1c(N(c3ccccc3)c3ccc4c5c(c6ccccc6c4c3)-c3c(cc(N(c4ccccc4)c4cccc6c4oc4c(C(C)(C)C)cccc46)c4ccccc34)C5([Si](C)(C)C)[Si](C)(C)C)cccc12. The predicted octanol–water partition coefficient (Wildman–Crippen LogP) is 22.5. The van der Waals surface area contributed by atoms with E-state index >= 15 is 0 Å². The Morgan fingerprint density at radius 2 is 0.741 bits per heavy atom. The molecule has 14 rings (SSSR count). The van der Waals surface area contributed by atoms with Gasteiger partial charge in [-0.15, -0.1) is 0 Å². The molecule has 0 bridgehead atoms. The predicted molar refractivity (Wildman–Crippen MR) is 353 cm³/mol. The van der Waals surface area contributed by atoms with Gasteiger partial charge in [-0.05, 0) is 115 Å². The number of fused-ring (bicyclic) bond motifs is 16. The van der Waals surface area contributed by atoms with Gasteiger partial charge in [0.2, 0.25) is 0 Å². The largest absolute Gasteiger partial charge is 0.454 e. The molecule has 0 radical (unpaired) electrons. The molecule has 13 aromatic rings. The van der Waals surface area contributed by atoms with Crippen molar-refractivity contribution in [2.75, 3.05) is 9.80 Å². The van der Waals surface area contributed by atoms with Crippen LogP contribution in [0, 0.1) is 0 Å². The topological polar surface area (TPSA) is 32.8 Å². The van der Waals surface area contributed by atoms with E-state index < -0.39 is 16.1 Å². The molecule has 0 saturated carbocycles. The Labute approximate surface area is 478 Å². The molecular weight excluding hydrogens is 1020 g/mol. The number of hydrogen-bond donors (Lipinski definition) is 0. The summed E-state index contributed by atoms with van der Waals surface area (Å²) in [7, 11) is -4.63. The molecule has 400 valence electrons. The van der Waals surface area contributed by atoms with Crippen LogP contribution in [0.2, 0.25) is 39.3 Å². The highest BCUT2D eigenvalue weighted by Gasteiger charge is 2.61. The van der Waals surface area contributed by atoms with Crippen molar-refractivity contribution in [1.29, 1.82) is 0 Å². The normalized spacial score (nSPS) is 13.8. The van der Waals surface area contributed by atoms with E-state index in [9.17, 15) is 0 Å². The molecule has 6 heteroatoms. The Kier molecular flexibility index (Phi) is 11.3. The molecule has 2 heterocycles. The fourth-order valence-electron chi connectivity index (χ4n) is 15.0. The van der Waals surface area contributed by atoms with Gasteiger partial charge in [-0.3, -0.25) is 0 Å². The van der Waals surface area contributed by atoms with Gasteiger partial charge in [0.05, 0.1) is 33.2 Å². The number of anilines is 6. The Balaban J connectivity index is 1.07. The van der Waals surface area contributed by atoms with Crippen molar-refractivity contribution in [1.82, 2.24) is 0 Å². The van der Waals surface area contributed by atoms with Gasteiger partial charge >= 0.3 is 0 Å². The van der Waals surface area contributed by atoms with E-state index in [0.29, 0.717) is 0 Å². The van der Waals surface area contributed by atoms with Crippen LogP contribution in [0.15, 0.2) is 215 Å². The van der Waals surface area contributed by atoms with E-state index in [1.165, 1.54) is 65.7 Å². The Bertz CT molecular complexity index is 4680. The summed E-state index contributed by atoms with van der Waals surface area (Å²) in [6.07, 6.45) is 0. The first-order valence-electron chi connectivity index (χ1n) is 28.9. The molecule has 1 aliphatic rings. The first-order valence-corrected chi connectivity index (χ1v) is 35.9. The minimum absolute atomic E-state index is 0.0942. The van der Waals surface area contributed by atoms with Crippen LogP contribution in [0.4, 0.5) is 34.1 Å². The van der Waals surface area contributed by atoms with E-state index in [1.54, 1.807) is 0 Å². The van der Waals surface area contributed by atoms with Crippen molar-refractivity contribution in [3.8, 4) is 11.1 Å². The summed E-state index contributed by atoms with van der Waals surface area (Å²) in [6, 6.07) is 77.1. The molecule has 1 aliphatic carbocycles. The third kappa shape index (κ3) is 7.45. The third-order valence-electron chi connectivity index (χ3n) is 17.9. The van der Waals surface area contributed by atoms with Crippen molar-refractivity contribution in [3.63, 3.8) is 0 Å². The molecule has 4 nitrogen and oxygen atoms in total. The number of rotatable bonds is 8. The van der Waals surface area contributed by atoms with Crippen LogP contribution in [0.5, 0.6) is 0 Å². The summed E-state index contributed by atoms with van der Waals surface area (Å²) in [5.74, 6) is 0. The van der Waals surface area contributed by atoms with E-state index in [2.05, 4.69) is 297 Å². The highest BCUT2D eigenvalue weighted by molar-refractivity contribution is 7.00. The van der Waals surface area contributed by atoms with Crippen molar-refractivity contribution in [2.24, 2.45) is 0 Å². The van der Waals surface area contributed by atoms with Crippen LogP contribution < -0.4 is 9.80 Å². The molecule has 0 saturated heterocycles. The molecule has 81 heavy (non-hydrogen) atoms. The minimum Gasteiger partial charge on any atom is -0.454 e. The standard InChI is InChI=1S/C75H70N2O2Si2/c1-73(2,3)60-39-23-35-55-57-37-25-41-63(71(57)78-69(55)60)76(47-27-15-13-16-28-47)49-43-44-54-59(45-49)50-31-19-21-33-52(50)67-66-53-34-22-20-32-51(53)65(46-62(66)75(68(54)67,80(7,8)9)81(10,11)12)77(48-29-17-14-18-30-48)64-42-26-38-58-56-36-24-40-61(74(4,5)6)70(56)79-72(58)64/h13-46H,1-12H3. The van der Waals surface area contributed by atoms with Crippen molar-refractivity contribution in [3.05, 3.63) is 229 Å². The van der Waals surface area contributed by atoms with Gasteiger partial charge in [-0.25, -0.2) is 0 Å². The van der Waals surface area contributed by atoms with Gasteiger partial charge in [0.1, 0.15) is 11.2 Å². The van der Waals surface area contributed by atoms with E-state index in [-0.39, 0.29) is 15.5 Å². The van der Waals surface area contributed by atoms with E-state index in [1.807, 2.05) is 0 Å². The van der Waals surface area contributed by atoms with Gasteiger partial charge in [-0.1, -0.05) is 232 Å². The first kappa shape index (κ1) is 51.0. The zero-order valence-electron chi connectivity index (χ0n) is 48.8. The summed E-state index contributed by atoms with van der Waals surface area (Å²) in [4.78, 5) is 4.94. The Morgan fingerprint density at radius 3 is 1.25 bits per heavy atom. The Morgan fingerprint density at radius 1 is 0.321 bits per heavy atom. The lowest BCUT2D eigenvalue weighted by atomic mass is 9.86. The second-order valence-electron chi connectivity index (χ2n) is 26.9. The van der Waals surface area contributed by atoms with Gasteiger partial charge < -0.3 is 18.6 Å². The molecule has 0 atom stereocenters. The quantitative estimate of drug-likeness (QED) is 0.112. The summed E-state index contributed by atoms with van der Waals surface area (Å²) in [5, 5.41) is 12.2. The molecule has 0 spiro atoms. The highest BCUT2D eigenvalue weighted by Crippen LogP contribution is 2.65. The number of hydrogen-bond acceptors (Lipinski definition) is 4. The maximum absolute atomic E-state index is 7.26. The summed E-state index contributed by atoms with van der Waals surface area (Å²) in [6.45, 7) is 29.6. The Hall–Kier alpha value is -8.17. The molecule has 0 aliphatic heterocycles. The van der Waals surface area contributed by atoms with Gasteiger partial charge in [-0.2, -0.15) is 0 Å². The van der Waals surface area contributed by atoms with Gasteiger partial charge in [0.15, 0.2) is 11.2 Å². The molecule has 0 N–H and O–H groups in total. The lowest BCUT2D eigenvalue weighted by molar-refractivity contribution is 0.572. The zero-order valence-corrected chi connectivity index (χ0v) is 50.8. The maximum atomic E-state index is 7.26. The molecule has 2 aromatic heterocycles. The van der Waals surface area contributed by atoms with Crippen molar-refractivity contribution < 1.29 is 8.83 Å². The molecule has 0 fully saturated rings. The summed E-state index contributed by atoms with van der Waals surface area (Å²) in [5.41, 5.74) is 18.1. The summed E-state index contributed by atoms with van der Waals surface area (Å²) >= 11 is 0. The molecular formula is C75H70N2O2Si2. The second-order valence-corrected chi connectivity index (χ2v) is 37.9. The minimum atomic E-state index is -2.31. The number of benzene rings is 11. The van der Waals surface area contributed by atoms with Crippen molar-refractivity contribution >= 4 is 126 Å². The average Bonchev–Trinajstić information content (AvgIpc) is 4.33.